The quantitative estimate of drug-likeness (QED) is 0.477. The number of carbonyl (C=O) groups is 1. The number of carbonyl (C=O) groups excluding carboxylic acids is 1. The van der Waals surface area contributed by atoms with E-state index in [-0.39, 0.29) is 16.8 Å². The number of sulfonamides is 1. The van der Waals surface area contributed by atoms with Crippen LogP contribution in [0, 0.1) is 11.7 Å². The lowest BCUT2D eigenvalue weighted by Gasteiger charge is -2.22. The van der Waals surface area contributed by atoms with Crippen molar-refractivity contribution in [2.75, 3.05) is 7.11 Å². The molecule has 0 saturated heterocycles. The van der Waals surface area contributed by atoms with Gasteiger partial charge in [-0.05, 0) is 49.9 Å². The third-order valence-electron chi connectivity index (χ3n) is 5.06. The Hall–Kier alpha value is -1.54. The minimum Gasteiger partial charge on any atom is -0.469 e. The highest BCUT2D eigenvalue weighted by atomic mass is 32.2. The zero-order valence-electron chi connectivity index (χ0n) is 15.5. The SMILES string of the molecule is COC(=O)CCCCCC[C@H]1[C@H](F)CC[C@@H]1NS(=O)(=O)c1ccc(F)cc1. The van der Waals surface area contributed by atoms with Crippen molar-refractivity contribution < 1.29 is 26.7 Å². The summed E-state index contributed by atoms with van der Waals surface area (Å²) in [5.41, 5.74) is 0. The van der Waals surface area contributed by atoms with Crippen LogP contribution in [-0.4, -0.2) is 33.7 Å². The molecule has 152 valence electrons. The lowest BCUT2D eigenvalue weighted by atomic mass is 9.95. The van der Waals surface area contributed by atoms with Gasteiger partial charge in [0.05, 0.1) is 12.0 Å². The second-order valence-electron chi connectivity index (χ2n) is 6.97. The molecular formula is C19H27F2NO4S. The molecule has 1 aliphatic carbocycles. The third kappa shape index (κ3) is 6.53. The van der Waals surface area contributed by atoms with Crippen molar-refractivity contribution >= 4 is 16.0 Å². The van der Waals surface area contributed by atoms with E-state index in [4.69, 9.17) is 0 Å². The number of unbranched alkanes of at least 4 members (excludes halogenated alkanes) is 3. The topological polar surface area (TPSA) is 72.5 Å². The number of rotatable bonds is 10. The number of nitrogens with one attached hydrogen (secondary N) is 1. The molecule has 0 aromatic heterocycles. The van der Waals surface area contributed by atoms with Gasteiger partial charge in [-0.2, -0.15) is 0 Å². The van der Waals surface area contributed by atoms with Gasteiger partial charge in [-0.3, -0.25) is 4.79 Å². The van der Waals surface area contributed by atoms with E-state index in [1.165, 1.54) is 19.2 Å². The third-order valence-corrected chi connectivity index (χ3v) is 6.57. The highest BCUT2D eigenvalue weighted by Crippen LogP contribution is 2.34. The number of hydrogen-bond donors (Lipinski definition) is 1. The highest BCUT2D eigenvalue weighted by molar-refractivity contribution is 7.89. The second kappa shape index (κ2) is 10.1. The molecule has 0 radical (unpaired) electrons. The zero-order chi connectivity index (χ0) is 19.9. The van der Waals surface area contributed by atoms with Crippen LogP contribution in [0.5, 0.6) is 0 Å². The van der Waals surface area contributed by atoms with E-state index in [0.717, 1.165) is 37.8 Å². The van der Waals surface area contributed by atoms with E-state index in [2.05, 4.69) is 9.46 Å². The minimum atomic E-state index is -3.80. The van der Waals surface area contributed by atoms with E-state index in [0.29, 0.717) is 25.7 Å². The number of benzene rings is 1. The first-order chi connectivity index (χ1) is 12.8. The Morgan fingerprint density at radius 1 is 1.15 bits per heavy atom. The molecule has 2 rings (SSSR count). The van der Waals surface area contributed by atoms with Gasteiger partial charge in [0, 0.05) is 18.4 Å². The van der Waals surface area contributed by atoms with Gasteiger partial charge >= 0.3 is 5.97 Å². The Balaban J connectivity index is 1.83. The van der Waals surface area contributed by atoms with Gasteiger partial charge in [-0.25, -0.2) is 21.9 Å². The monoisotopic (exact) mass is 403 g/mol. The minimum absolute atomic E-state index is 0.0206. The molecule has 27 heavy (non-hydrogen) atoms. The van der Waals surface area contributed by atoms with Crippen LogP contribution >= 0.6 is 0 Å². The van der Waals surface area contributed by atoms with Crippen LogP contribution in [0.4, 0.5) is 8.78 Å². The number of hydrogen-bond acceptors (Lipinski definition) is 4. The van der Waals surface area contributed by atoms with Crippen molar-refractivity contribution in [1.82, 2.24) is 4.72 Å². The fraction of sp³-hybridized carbons (Fsp3) is 0.632. The summed E-state index contributed by atoms with van der Waals surface area (Å²) in [5, 5.41) is 0. The van der Waals surface area contributed by atoms with Gasteiger partial charge < -0.3 is 4.74 Å². The van der Waals surface area contributed by atoms with Crippen LogP contribution in [0.2, 0.25) is 0 Å². The number of alkyl halides is 1. The van der Waals surface area contributed by atoms with Crippen molar-refractivity contribution in [2.24, 2.45) is 5.92 Å². The van der Waals surface area contributed by atoms with Crippen LogP contribution in [0.1, 0.15) is 51.4 Å². The number of esters is 1. The summed E-state index contributed by atoms with van der Waals surface area (Å²) in [6, 6.07) is 4.14. The summed E-state index contributed by atoms with van der Waals surface area (Å²) >= 11 is 0. The normalized spacial score (nSPS) is 22.7. The molecular weight excluding hydrogens is 376 g/mol. The Bertz CT molecular complexity index is 709. The molecule has 1 fully saturated rings. The van der Waals surface area contributed by atoms with Crippen LogP contribution in [-0.2, 0) is 19.6 Å². The molecule has 0 unspecified atom stereocenters. The Morgan fingerprint density at radius 2 is 1.81 bits per heavy atom. The van der Waals surface area contributed by atoms with E-state index in [9.17, 15) is 22.0 Å². The fourth-order valence-electron chi connectivity index (χ4n) is 3.53. The molecule has 0 aliphatic heterocycles. The molecule has 1 aromatic rings. The van der Waals surface area contributed by atoms with Crippen LogP contribution in [0.25, 0.3) is 0 Å². The van der Waals surface area contributed by atoms with Gasteiger partial charge in [0.25, 0.3) is 0 Å². The highest BCUT2D eigenvalue weighted by Gasteiger charge is 2.38. The predicted octanol–water partition coefficient (Wildman–Crippen LogP) is 3.73. The Labute approximate surface area is 159 Å². The average Bonchev–Trinajstić information content (AvgIpc) is 2.97. The molecule has 0 spiro atoms. The number of methoxy groups -OCH3 is 1. The fourth-order valence-corrected chi connectivity index (χ4v) is 4.86. The maximum Gasteiger partial charge on any atom is 0.305 e. The smallest absolute Gasteiger partial charge is 0.305 e. The first kappa shape index (κ1) is 21.8. The summed E-state index contributed by atoms with van der Waals surface area (Å²) in [7, 11) is -2.45. The second-order valence-corrected chi connectivity index (χ2v) is 8.68. The Kier molecular flexibility index (Phi) is 8.16. The van der Waals surface area contributed by atoms with Crippen molar-refractivity contribution in [2.45, 2.75) is 68.5 Å². The van der Waals surface area contributed by atoms with Crippen molar-refractivity contribution in [3.63, 3.8) is 0 Å². The molecule has 1 aliphatic rings. The summed E-state index contributed by atoms with van der Waals surface area (Å²) in [5.74, 6) is -1.10. The number of ether oxygens (including phenoxy) is 1. The van der Waals surface area contributed by atoms with Crippen LogP contribution in [0.3, 0.4) is 0 Å². The lowest BCUT2D eigenvalue weighted by molar-refractivity contribution is -0.140. The van der Waals surface area contributed by atoms with Crippen molar-refractivity contribution in [3.05, 3.63) is 30.1 Å². The lowest BCUT2D eigenvalue weighted by Crippen LogP contribution is -2.39. The van der Waals surface area contributed by atoms with Gasteiger partial charge in [-0.1, -0.05) is 19.3 Å². The van der Waals surface area contributed by atoms with E-state index in [1.54, 1.807) is 0 Å². The number of halogens is 2. The maximum absolute atomic E-state index is 14.3. The first-order valence-corrected chi connectivity index (χ1v) is 10.8. The summed E-state index contributed by atoms with van der Waals surface area (Å²) < 4.78 is 59.3. The molecule has 1 N–H and O–H groups in total. The first-order valence-electron chi connectivity index (χ1n) is 9.32. The predicted molar refractivity (Wildman–Crippen MR) is 97.8 cm³/mol. The van der Waals surface area contributed by atoms with Gasteiger partial charge in [0.1, 0.15) is 12.0 Å². The van der Waals surface area contributed by atoms with E-state index < -0.39 is 28.1 Å². The molecule has 0 heterocycles. The van der Waals surface area contributed by atoms with Crippen molar-refractivity contribution in [1.29, 1.82) is 0 Å². The summed E-state index contributed by atoms with van der Waals surface area (Å²) in [6.07, 6.45) is 3.96. The van der Waals surface area contributed by atoms with Gasteiger partial charge in [0.15, 0.2) is 0 Å². The molecule has 1 saturated carbocycles. The van der Waals surface area contributed by atoms with Crippen molar-refractivity contribution in [3.8, 4) is 0 Å². The van der Waals surface area contributed by atoms with Gasteiger partial charge in [0.2, 0.25) is 10.0 Å². The maximum atomic E-state index is 14.3. The zero-order valence-corrected chi connectivity index (χ0v) is 16.3. The molecule has 0 bridgehead atoms. The molecule has 8 heteroatoms. The molecule has 0 amide bonds. The standard InChI is InChI=1S/C19H27F2NO4S/c1-26-19(23)7-5-3-2-4-6-16-17(21)12-13-18(16)22-27(24,25)15-10-8-14(20)9-11-15/h8-11,16-18,22H,2-7,12-13H2,1H3/t16-,17+,18-/m0/s1. The van der Waals surface area contributed by atoms with Gasteiger partial charge in [-0.15, -0.1) is 0 Å². The van der Waals surface area contributed by atoms with Crippen LogP contribution < -0.4 is 4.72 Å². The molecule has 3 atom stereocenters. The Morgan fingerprint density at radius 3 is 2.48 bits per heavy atom. The largest absolute Gasteiger partial charge is 0.469 e. The van der Waals surface area contributed by atoms with E-state index >= 15 is 0 Å². The average molecular weight is 403 g/mol. The summed E-state index contributed by atoms with van der Waals surface area (Å²) in [4.78, 5) is 11.0. The van der Waals surface area contributed by atoms with Crippen LogP contribution in [0.15, 0.2) is 29.2 Å². The summed E-state index contributed by atoms with van der Waals surface area (Å²) in [6.45, 7) is 0. The molecule has 5 nitrogen and oxygen atoms in total. The molecule has 1 aromatic carbocycles. The van der Waals surface area contributed by atoms with E-state index in [1.807, 2.05) is 0 Å².